The molecule has 0 aliphatic heterocycles. The Morgan fingerprint density at radius 3 is 1.97 bits per heavy atom. The fourth-order valence-corrected chi connectivity index (χ4v) is 2.71. The van der Waals surface area contributed by atoms with Crippen LogP contribution in [0.15, 0.2) is 77.8 Å². The molecule has 0 N–H and O–H groups in total. The minimum atomic E-state index is -0.375. The summed E-state index contributed by atoms with van der Waals surface area (Å²) >= 11 is 0. The Balaban J connectivity index is 1.62. The molecule has 0 radical (unpaired) electrons. The summed E-state index contributed by atoms with van der Waals surface area (Å²) in [7, 11) is 1.64. The second-order valence-electron chi connectivity index (χ2n) is 7.74. The van der Waals surface area contributed by atoms with Crippen molar-refractivity contribution in [1.29, 1.82) is 0 Å². The van der Waals surface area contributed by atoms with Gasteiger partial charge in [-0.05, 0) is 77.2 Å². The molecule has 0 unspecified atom stereocenters. The summed E-state index contributed by atoms with van der Waals surface area (Å²) in [6.45, 7) is 6.41. The molecule has 0 aliphatic carbocycles. The van der Waals surface area contributed by atoms with Crippen molar-refractivity contribution in [2.75, 3.05) is 7.11 Å². The molecular formula is C25H25NO3. The SMILES string of the molecule is COc1ccc(C=Nc2ccc(OC(=O)c3ccc(C(C)(C)C)cc3)cc2)cc1. The van der Waals surface area contributed by atoms with E-state index in [0.29, 0.717) is 11.3 Å². The molecule has 0 amide bonds. The van der Waals surface area contributed by atoms with Crippen molar-refractivity contribution < 1.29 is 14.3 Å². The maximum absolute atomic E-state index is 12.4. The van der Waals surface area contributed by atoms with Gasteiger partial charge in [-0.2, -0.15) is 0 Å². The lowest BCUT2D eigenvalue weighted by Crippen LogP contribution is -2.12. The molecule has 0 bridgehead atoms. The van der Waals surface area contributed by atoms with Crippen molar-refractivity contribution >= 4 is 17.9 Å². The smallest absolute Gasteiger partial charge is 0.343 e. The highest BCUT2D eigenvalue weighted by atomic mass is 16.5. The zero-order valence-electron chi connectivity index (χ0n) is 17.2. The van der Waals surface area contributed by atoms with Gasteiger partial charge in [-0.1, -0.05) is 32.9 Å². The number of benzene rings is 3. The molecule has 0 fully saturated rings. The minimum Gasteiger partial charge on any atom is -0.497 e. The van der Waals surface area contributed by atoms with E-state index in [1.807, 2.05) is 48.5 Å². The maximum Gasteiger partial charge on any atom is 0.343 e. The number of carbonyl (C=O) groups excluding carboxylic acids is 1. The summed E-state index contributed by atoms with van der Waals surface area (Å²) in [5.74, 6) is 0.916. The van der Waals surface area contributed by atoms with E-state index in [2.05, 4.69) is 25.8 Å². The zero-order chi connectivity index (χ0) is 20.9. The summed E-state index contributed by atoms with van der Waals surface area (Å²) in [5.41, 5.74) is 3.49. The summed E-state index contributed by atoms with van der Waals surface area (Å²) in [6.07, 6.45) is 1.78. The van der Waals surface area contributed by atoms with Crippen LogP contribution in [0.25, 0.3) is 0 Å². The lowest BCUT2D eigenvalue weighted by atomic mass is 9.87. The summed E-state index contributed by atoms with van der Waals surface area (Å²) in [5, 5.41) is 0. The van der Waals surface area contributed by atoms with Gasteiger partial charge in [-0.3, -0.25) is 4.99 Å². The average Bonchev–Trinajstić information content (AvgIpc) is 2.73. The Bertz CT molecular complexity index is 980. The van der Waals surface area contributed by atoms with Crippen molar-refractivity contribution in [2.24, 2.45) is 4.99 Å². The van der Waals surface area contributed by atoms with Crippen LogP contribution in [0.2, 0.25) is 0 Å². The number of esters is 1. The molecule has 0 saturated heterocycles. The van der Waals surface area contributed by atoms with Crippen LogP contribution in [0.1, 0.15) is 42.3 Å². The van der Waals surface area contributed by atoms with Crippen LogP contribution in [-0.2, 0) is 5.41 Å². The highest BCUT2D eigenvalue weighted by Crippen LogP contribution is 2.23. The van der Waals surface area contributed by atoms with Gasteiger partial charge >= 0.3 is 5.97 Å². The first-order chi connectivity index (χ1) is 13.8. The normalized spacial score (nSPS) is 11.4. The summed E-state index contributed by atoms with van der Waals surface area (Å²) in [4.78, 5) is 16.8. The minimum absolute atomic E-state index is 0.0462. The Hall–Kier alpha value is -3.40. The largest absolute Gasteiger partial charge is 0.497 e. The van der Waals surface area contributed by atoms with Gasteiger partial charge in [-0.15, -0.1) is 0 Å². The Morgan fingerprint density at radius 1 is 0.828 bits per heavy atom. The molecule has 29 heavy (non-hydrogen) atoms. The number of nitrogens with zero attached hydrogens (tertiary/aromatic N) is 1. The molecule has 0 aliphatic rings. The van der Waals surface area contributed by atoms with Crippen molar-refractivity contribution in [2.45, 2.75) is 26.2 Å². The Kier molecular flexibility index (Phi) is 6.13. The van der Waals surface area contributed by atoms with Crippen LogP contribution in [0.3, 0.4) is 0 Å². The third-order valence-electron chi connectivity index (χ3n) is 4.51. The molecule has 4 heteroatoms. The van der Waals surface area contributed by atoms with Gasteiger partial charge in [0.15, 0.2) is 0 Å². The van der Waals surface area contributed by atoms with E-state index in [0.717, 1.165) is 17.0 Å². The molecule has 3 aromatic rings. The number of aliphatic imine (C=N–C) groups is 1. The molecule has 4 nitrogen and oxygen atoms in total. The lowest BCUT2D eigenvalue weighted by molar-refractivity contribution is 0.0734. The van der Waals surface area contributed by atoms with Crippen LogP contribution < -0.4 is 9.47 Å². The summed E-state index contributed by atoms with van der Waals surface area (Å²) in [6, 6.07) is 22.3. The molecule has 0 saturated carbocycles. The third kappa shape index (κ3) is 5.55. The van der Waals surface area contributed by atoms with E-state index in [9.17, 15) is 4.79 Å². The molecule has 0 heterocycles. The predicted molar refractivity (Wildman–Crippen MR) is 117 cm³/mol. The Morgan fingerprint density at radius 2 is 1.41 bits per heavy atom. The van der Waals surface area contributed by atoms with E-state index >= 15 is 0 Å². The van der Waals surface area contributed by atoms with Crippen molar-refractivity contribution in [1.82, 2.24) is 0 Å². The van der Waals surface area contributed by atoms with Gasteiger partial charge in [0.25, 0.3) is 0 Å². The van der Waals surface area contributed by atoms with Crippen LogP contribution in [0.5, 0.6) is 11.5 Å². The van der Waals surface area contributed by atoms with Gasteiger partial charge in [0, 0.05) is 6.21 Å². The van der Waals surface area contributed by atoms with E-state index in [1.54, 1.807) is 37.6 Å². The first-order valence-electron chi connectivity index (χ1n) is 9.46. The van der Waals surface area contributed by atoms with Crippen LogP contribution in [0, 0.1) is 0 Å². The van der Waals surface area contributed by atoms with Crippen molar-refractivity contribution in [3.05, 3.63) is 89.5 Å². The summed E-state index contributed by atoms with van der Waals surface area (Å²) < 4.78 is 10.6. The Labute approximate surface area is 171 Å². The number of hydrogen-bond donors (Lipinski definition) is 0. The first kappa shape index (κ1) is 20.3. The fourth-order valence-electron chi connectivity index (χ4n) is 2.71. The highest BCUT2D eigenvalue weighted by molar-refractivity contribution is 5.91. The van der Waals surface area contributed by atoms with Crippen molar-refractivity contribution in [3.8, 4) is 11.5 Å². The number of hydrogen-bond acceptors (Lipinski definition) is 4. The molecule has 0 spiro atoms. The van der Waals surface area contributed by atoms with Gasteiger partial charge in [-0.25, -0.2) is 4.79 Å². The van der Waals surface area contributed by atoms with Gasteiger partial charge in [0.05, 0.1) is 18.4 Å². The quantitative estimate of drug-likeness (QED) is 0.308. The van der Waals surface area contributed by atoms with Crippen LogP contribution in [0.4, 0.5) is 5.69 Å². The maximum atomic E-state index is 12.4. The molecule has 0 atom stereocenters. The highest BCUT2D eigenvalue weighted by Gasteiger charge is 2.15. The lowest BCUT2D eigenvalue weighted by Gasteiger charge is -2.18. The average molecular weight is 387 g/mol. The first-order valence-corrected chi connectivity index (χ1v) is 9.46. The third-order valence-corrected chi connectivity index (χ3v) is 4.51. The number of methoxy groups -OCH3 is 1. The molecule has 3 rings (SSSR count). The number of rotatable bonds is 5. The molecule has 0 aromatic heterocycles. The molecule has 3 aromatic carbocycles. The number of ether oxygens (including phenoxy) is 2. The van der Waals surface area contributed by atoms with E-state index in [-0.39, 0.29) is 11.4 Å². The number of carbonyl (C=O) groups is 1. The van der Waals surface area contributed by atoms with Crippen LogP contribution in [-0.4, -0.2) is 19.3 Å². The van der Waals surface area contributed by atoms with Gasteiger partial charge in [0.1, 0.15) is 11.5 Å². The second-order valence-corrected chi connectivity index (χ2v) is 7.74. The van der Waals surface area contributed by atoms with Gasteiger partial charge < -0.3 is 9.47 Å². The monoisotopic (exact) mass is 387 g/mol. The predicted octanol–water partition coefficient (Wildman–Crippen LogP) is 5.96. The van der Waals surface area contributed by atoms with Crippen LogP contribution >= 0.6 is 0 Å². The zero-order valence-corrected chi connectivity index (χ0v) is 17.2. The van der Waals surface area contributed by atoms with Crippen molar-refractivity contribution in [3.63, 3.8) is 0 Å². The molecular weight excluding hydrogens is 362 g/mol. The second kappa shape index (κ2) is 8.74. The van der Waals surface area contributed by atoms with E-state index in [1.165, 1.54) is 5.56 Å². The van der Waals surface area contributed by atoms with E-state index in [4.69, 9.17) is 9.47 Å². The standard InChI is InChI=1S/C25H25NO3/c1-25(2,3)20-9-7-19(8-10-20)24(27)29-23-15-11-21(12-16-23)26-17-18-5-13-22(28-4)14-6-18/h5-17H,1-4H3. The molecule has 148 valence electrons. The fraction of sp³-hybridized carbons (Fsp3) is 0.200. The van der Waals surface area contributed by atoms with E-state index < -0.39 is 0 Å². The topological polar surface area (TPSA) is 47.9 Å². The van der Waals surface area contributed by atoms with Gasteiger partial charge in [0.2, 0.25) is 0 Å².